The van der Waals surface area contributed by atoms with E-state index in [1.165, 1.54) is 0 Å². The predicted molar refractivity (Wildman–Crippen MR) is 69.4 cm³/mol. The Morgan fingerprint density at radius 1 is 1.29 bits per heavy atom. The zero-order chi connectivity index (χ0) is 12.4. The fourth-order valence-corrected chi connectivity index (χ4v) is 1.93. The molecule has 90 valence electrons. The van der Waals surface area contributed by atoms with E-state index in [1.54, 1.807) is 17.1 Å². The van der Waals surface area contributed by atoms with Crippen molar-refractivity contribution >= 4 is 5.82 Å². The molecule has 0 spiro atoms. The third kappa shape index (κ3) is 2.30. The molecule has 0 radical (unpaired) electrons. The van der Waals surface area contributed by atoms with Crippen molar-refractivity contribution in [1.82, 2.24) is 14.8 Å². The Labute approximate surface area is 101 Å². The standard InChI is InChI=1S/C13H18N4/c1-9(2)8-11-12(16-17(3)13(11)14)10-4-6-15-7-5-10/h4-7,9H,8,14H2,1-3H3. The van der Waals surface area contributed by atoms with E-state index >= 15 is 0 Å². The summed E-state index contributed by atoms with van der Waals surface area (Å²) in [6.45, 7) is 4.37. The maximum atomic E-state index is 6.07. The van der Waals surface area contributed by atoms with Gasteiger partial charge in [-0.15, -0.1) is 0 Å². The average molecular weight is 230 g/mol. The summed E-state index contributed by atoms with van der Waals surface area (Å²) >= 11 is 0. The molecule has 0 aliphatic rings. The molecule has 0 unspecified atom stereocenters. The van der Waals surface area contributed by atoms with Gasteiger partial charge >= 0.3 is 0 Å². The van der Waals surface area contributed by atoms with Gasteiger partial charge < -0.3 is 5.73 Å². The summed E-state index contributed by atoms with van der Waals surface area (Å²) in [5.74, 6) is 1.31. The van der Waals surface area contributed by atoms with Gasteiger partial charge in [0.15, 0.2) is 0 Å². The molecule has 2 N–H and O–H groups in total. The second kappa shape index (κ2) is 4.57. The van der Waals surface area contributed by atoms with Crippen LogP contribution in [0.3, 0.4) is 0 Å². The van der Waals surface area contributed by atoms with Crippen molar-refractivity contribution in [3.8, 4) is 11.3 Å². The lowest BCUT2D eigenvalue weighted by Gasteiger charge is -2.06. The molecule has 0 saturated carbocycles. The van der Waals surface area contributed by atoms with Gasteiger partial charge in [-0.3, -0.25) is 9.67 Å². The van der Waals surface area contributed by atoms with Crippen LogP contribution in [0, 0.1) is 5.92 Å². The lowest BCUT2D eigenvalue weighted by atomic mass is 10.00. The highest BCUT2D eigenvalue weighted by molar-refractivity contribution is 5.68. The van der Waals surface area contributed by atoms with E-state index in [-0.39, 0.29) is 0 Å². The number of pyridine rings is 1. The average Bonchev–Trinajstić information content (AvgIpc) is 2.58. The number of nitrogen functional groups attached to an aromatic ring is 1. The highest BCUT2D eigenvalue weighted by Gasteiger charge is 2.16. The van der Waals surface area contributed by atoms with Crippen molar-refractivity contribution in [3.05, 3.63) is 30.1 Å². The largest absolute Gasteiger partial charge is 0.384 e. The van der Waals surface area contributed by atoms with Crippen molar-refractivity contribution in [2.24, 2.45) is 13.0 Å². The molecule has 17 heavy (non-hydrogen) atoms. The van der Waals surface area contributed by atoms with Crippen molar-refractivity contribution in [1.29, 1.82) is 0 Å². The smallest absolute Gasteiger partial charge is 0.125 e. The van der Waals surface area contributed by atoms with E-state index in [0.29, 0.717) is 5.92 Å². The number of nitrogens with zero attached hydrogens (tertiary/aromatic N) is 3. The number of hydrogen-bond acceptors (Lipinski definition) is 3. The van der Waals surface area contributed by atoms with Crippen LogP contribution in [0.15, 0.2) is 24.5 Å². The summed E-state index contributed by atoms with van der Waals surface area (Å²) in [7, 11) is 1.88. The maximum Gasteiger partial charge on any atom is 0.125 e. The molecule has 2 aromatic rings. The lowest BCUT2D eigenvalue weighted by Crippen LogP contribution is -2.02. The van der Waals surface area contributed by atoms with Crippen molar-refractivity contribution in [2.45, 2.75) is 20.3 Å². The van der Waals surface area contributed by atoms with Crippen LogP contribution >= 0.6 is 0 Å². The van der Waals surface area contributed by atoms with Gasteiger partial charge in [0.05, 0.1) is 5.69 Å². The first-order chi connectivity index (χ1) is 8.09. The molecule has 0 aromatic carbocycles. The minimum absolute atomic E-state index is 0.557. The molecular weight excluding hydrogens is 212 g/mol. The monoisotopic (exact) mass is 230 g/mol. The van der Waals surface area contributed by atoms with E-state index < -0.39 is 0 Å². The molecule has 2 aromatic heterocycles. The minimum atomic E-state index is 0.557. The fraction of sp³-hybridized carbons (Fsp3) is 0.385. The van der Waals surface area contributed by atoms with Crippen LogP contribution in [0.5, 0.6) is 0 Å². The SMILES string of the molecule is CC(C)Cc1c(-c2ccncc2)nn(C)c1N. The maximum absolute atomic E-state index is 6.07. The van der Waals surface area contributed by atoms with E-state index in [4.69, 9.17) is 5.73 Å². The normalized spacial score (nSPS) is 11.1. The van der Waals surface area contributed by atoms with Crippen LogP contribution in [0.1, 0.15) is 19.4 Å². The summed E-state index contributed by atoms with van der Waals surface area (Å²) in [6.07, 6.45) is 4.50. The van der Waals surface area contributed by atoms with Gasteiger partial charge in [0.1, 0.15) is 5.82 Å². The molecule has 4 nitrogen and oxygen atoms in total. The number of nitrogens with two attached hydrogens (primary N) is 1. The Morgan fingerprint density at radius 3 is 2.53 bits per heavy atom. The van der Waals surface area contributed by atoms with Crippen LogP contribution in [0.25, 0.3) is 11.3 Å². The summed E-state index contributed by atoms with van der Waals surface area (Å²) in [6, 6.07) is 3.93. The van der Waals surface area contributed by atoms with Crippen molar-refractivity contribution in [2.75, 3.05) is 5.73 Å². The lowest BCUT2D eigenvalue weighted by molar-refractivity contribution is 0.648. The molecule has 4 heteroatoms. The van der Waals surface area contributed by atoms with Crippen molar-refractivity contribution in [3.63, 3.8) is 0 Å². The fourth-order valence-electron chi connectivity index (χ4n) is 1.93. The van der Waals surface area contributed by atoms with Gasteiger partial charge in [0.25, 0.3) is 0 Å². The molecule has 0 aliphatic heterocycles. The molecule has 0 amide bonds. The summed E-state index contributed by atoms with van der Waals surface area (Å²) in [4.78, 5) is 4.02. The van der Waals surface area contributed by atoms with Crippen molar-refractivity contribution < 1.29 is 0 Å². The molecule has 0 fully saturated rings. The van der Waals surface area contributed by atoms with Crippen LogP contribution in [0.2, 0.25) is 0 Å². The topological polar surface area (TPSA) is 56.7 Å². The predicted octanol–water partition coefficient (Wildman–Crippen LogP) is 2.26. The number of anilines is 1. The van der Waals surface area contributed by atoms with Gasteiger partial charge in [-0.1, -0.05) is 13.8 Å². The van der Waals surface area contributed by atoms with Gasteiger partial charge in [-0.25, -0.2) is 0 Å². The highest BCUT2D eigenvalue weighted by atomic mass is 15.3. The number of hydrogen-bond donors (Lipinski definition) is 1. The van der Waals surface area contributed by atoms with Crippen LogP contribution < -0.4 is 5.73 Å². The summed E-state index contributed by atoms with van der Waals surface area (Å²) in [5.41, 5.74) is 9.25. The van der Waals surface area contributed by atoms with Gasteiger partial charge in [-0.05, 0) is 24.5 Å². The third-order valence-electron chi connectivity index (χ3n) is 2.76. The zero-order valence-corrected chi connectivity index (χ0v) is 10.5. The first kappa shape index (κ1) is 11.6. The molecule has 0 aliphatic carbocycles. The Kier molecular flexibility index (Phi) is 3.13. The van der Waals surface area contributed by atoms with E-state index in [9.17, 15) is 0 Å². The molecular formula is C13H18N4. The third-order valence-corrected chi connectivity index (χ3v) is 2.76. The van der Waals surface area contributed by atoms with E-state index in [0.717, 1.165) is 29.1 Å². The van der Waals surface area contributed by atoms with Crippen LogP contribution in [-0.2, 0) is 13.5 Å². The molecule has 0 saturated heterocycles. The van der Waals surface area contributed by atoms with E-state index in [2.05, 4.69) is 23.9 Å². The first-order valence-electron chi connectivity index (χ1n) is 5.81. The number of rotatable bonds is 3. The summed E-state index contributed by atoms with van der Waals surface area (Å²) in [5, 5.41) is 4.50. The second-order valence-corrected chi connectivity index (χ2v) is 4.67. The van der Waals surface area contributed by atoms with Gasteiger partial charge in [-0.2, -0.15) is 5.10 Å². The summed E-state index contributed by atoms with van der Waals surface area (Å²) < 4.78 is 1.74. The Morgan fingerprint density at radius 2 is 1.94 bits per heavy atom. The molecule has 2 rings (SSSR count). The first-order valence-corrected chi connectivity index (χ1v) is 5.81. The number of aromatic nitrogens is 3. The van der Waals surface area contributed by atoms with Gasteiger partial charge in [0.2, 0.25) is 0 Å². The zero-order valence-electron chi connectivity index (χ0n) is 10.5. The quantitative estimate of drug-likeness (QED) is 0.880. The highest BCUT2D eigenvalue weighted by Crippen LogP contribution is 2.28. The number of aryl methyl sites for hydroxylation is 1. The Hall–Kier alpha value is -1.84. The van der Waals surface area contributed by atoms with Crippen LogP contribution in [0.4, 0.5) is 5.82 Å². The second-order valence-electron chi connectivity index (χ2n) is 4.67. The molecule has 0 atom stereocenters. The molecule has 2 heterocycles. The van der Waals surface area contributed by atoms with Gasteiger partial charge in [0, 0.05) is 30.6 Å². The minimum Gasteiger partial charge on any atom is -0.384 e. The Bertz CT molecular complexity index is 500. The Balaban J connectivity index is 2.50. The van der Waals surface area contributed by atoms with E-state index in [1.807, 2.05) is 19.2 Å². The molecule has 0 bridgehead atoms. The van der Waals surface area contributed by atoms with Crippen LogP contribution in [-0.4, -0.2) is 14.8 Å².